The van der Waals surface area contributed by atoms with Crippen molar-refractivity contribution in [2.45, 2.75) is 27.3 Å². The number of nitrogens with zero attached hydrogens (tertiary/aromatic N) is 3. The maximum absolute atomic E-state index is 12.6. The van der Waals surface area contributed by atoms with E-state index >= 15 is 0 Å². The molecule has 28 heavy (non-hydrogen) atoms. The minimum Gasteiger partial charge on any atom is -0.497 e. The van der Waals surface area contributed by atoms with Crippen molar-refractivity contribution in [3.63, 3.8) is 0 Å². The maximum Gasteiger partial charge on any atom is 0.314 e. The van der Waals surface area contributed by atoms with E-state index in [2.05, 4.69) is 5.10 Å². The van der Waals surface area contributed by atoms with Gasteiger partial charge in [-0.1, -0.05) is 56.2 Å². The van der Waals surface area contributed by atoms with Gasteiger partial charge in [0.05, 0.1) is 18.9 Å². The van der Waals surface area contributed by atoms with Crippen LogP contribution >= 0.6 is 0 Å². The van der Waals surface area contributed by atoms with Crippen LogP contribution in [-0.2, 0) is 11.3 Å². The molecule has 0 atom stereocenters. The number of hydrogen-bond acceptors (Lipinski definition) is 3. The number of methoxy groups -OCH3 is 1. The highest BCUT2D eigenvalue weighted by Gasteiger charge is 2.27. The van der Waals surface area contributed by atoms with E-state index in [0.717, 1.165) is 22.7 Å². The number of carbonyl (C=O) groups excluding carboxylic acids is 1. The molecule has 0 bridgehead atoms. The molecule has 0 spiro atoms. The Morgan fingerprint density at radius 1 is 1.11 bits per heavy atom. The largest absolute Gasteiger partial charge is 0.497 e. The molecule has 3 aromatic rings. The molecule has 0 unspecified atom stereocenters. The SMILES string of the molecule is COc1ccc(-c2n(/N=C/c3ccccc3)cc[n+]2CC(=O)C(C)(C)C)cc1. The summed E-state index contributed by atoms with van der Waals surface area (Å²) in [7, 11) is 1.64. The summed E-state index contributed by atoms with van der Waals surface area (Å²) in [5.41, 5.74) is 1.56. The average molecular weight is 376 g/mol. The number of ketones is 1. The number of hydrogen-bond donors (Lipinski definition) is 0. The minimum atomic E-state index is -0.403. The Morgan fingerprint density at radius 2 is 1.79 bits per heavy atom. The van der Waals surface area contributed by atoms with Crippen molar-refractivity contribution in [3.8, 4) is 17.1 Å². The van der Waals surface area contributed by atoms with Crippen LogP contribution < -0.4 is 9.30 Å². The fourth-order valence-electron chi connectivity index (χ4n) is 2.74. The number of aromatic nitrogens is 2. The highest BCUT2D eigenvalue weighted by Crippen LogP contribution is 2.21. The van der Waals surface area contributed by atoms with Crippen molar-refractivity contribution in [3.05, 3.63) is 72.6 Å². The second-order valence-electron chi connectivity index (χ2n) is 7.65. The monoisotopic (exact) mass is 376 g/mol. The van der Waals surface area contributed by atoms with Crippen LogP contribution in [0.15, 0.2) is 72.1 Å². The molecule has 1 aromatic heterocycles. The van der Waals surface area contributed by atoms with Crippen LogP contribution in [0.5, 0.6) is 5.75 Å². The van der Waals surface area contributed by atoms with Crippen LogP contribution in [0.1, 0.15) is 26.3 Å². The second kappa shape index (κ2) is 8.21. The zero-order valence-corrected chi connectivity index (χ0v) is 16.8. The summed E-state index contributed by atoms with van der Waals surface area (Å²) in [6.45, 7) is 6.10. The number of carbonyl (C=O) groups is 1. The molecule has 1 heterocycles. The average Bonchev–Trinajstić information content (AvgIpc) is 3.09. The van der Waals surface area contributed by atoms with Crippen molar-refractivity contribution in [1.29, 1.82) is 0 Å². The van der Waals surface area contributed by atoms with Crippen LogP contribution in [-0.4, -0.2) is 23.8 Å². The summed E-state index contributed by atoms with van der Waals surface area (Å²) in [6.07, 6.45) is 5.57. The van der Waals surface area contributed by atoms with E-state index in [9.17, 15) is 4.79 Å². The van der Waals surface area contributed by atoms with Gasteiger partial charge in [-0.05, 0) is 29.8 Å². The normalized spacial score (nSPS) is 11.7. The Balaban J connectivity index is 2.01. The molecule has 3 rings (SSSR count). The third kappa shape index (κ3) is 4.55. The van der Waals surface area contributed by atoms with Crippen molar-refractivity contribution in [2.75, 3.05) is 7.11 Å². The van der Waals surface area contributed by atoms with E-state index in [1.54, 1.807) is 11.8 Å². The lowest BCUT2D eigenvalue weighted by Gasteiger charge is -2.15. The highest BCUT2D eigenvalue weighted by molar-refractivity contribution is 5.82. The fourth-order valence-corrected chi connectivity index (χ4v) is 2.74. The van der Waals surface area contributed by atoms with Crippen LogP contribution in [0.4, 0.5) is 0 Å². The van der Waals surface area contributed by atoms with Gasteiger partial charge in [0.15, 0.2) is 12.0 Å². The molecule has 0 aliphatic heterocycles. The molecule has 0 radical (unpaired) electrons. The molecular formula is C23H26N3O2+. The number of imidazole rings is 1. The minimum absolute atomic E-state index is 0.164. The zero-order chi connectivity index (χ0) is 20.1. The van der Waals surface area contributed by atoms with Gasteiger partial charge in [-0.25, -0.2) is 4.57 Å². The predicted octanol–water partition coefficient (Wildman–Crippen LogP) is 3.95. The first kappa shape index (κ1) is 19.5. The Labute approximate surface area is 165 Å². The first-order valence-corrected chi connectivity index (χ1v) is 9.26. The summed E-state index contributed by atoms with van der Waals surface area (Å²) in [5.74, 6) is 1.79. The molecule has 144 valence electrons. The third-order valence-electron chi connectivity index (χ3n) is 4.51. The molecular weight excluding hydrogens is 350 g/mol. The number of rotatable bonds is 6. The van der Waals surface area contributed by atoms with Gasteiger partial charge in [0, 0.05) is 5.41 Å². The molecule has 0 N–H and O–H groups in total. The quantitative estimate of drug-likeness (QED) is 0.483. The lowest BCUT2D eigenvalue weighted by Crippen LogP contribution is -2.42. The van der Waals surface area contributed by atoms with E-state index in [0.29, 0.717) is 6.54 Å². The molecule has 0 fully saturated rings. The molecule has 5 nitrogen and oxygen atoms in total. The van der Waals surface area contributed by atoms with E-state index in [1.165, 1.54) is 0 Å². The van der Waals surface area contributed by atoms with Gasteiger partial charge in [-0.2, -0.15) is 0 Å². The fraction of sp³-hybridized carbons (Fsp3) is 0.261. The Kier molecular flexibility index (Phi) is 5.73. The van der Waals surface area contributed by atoms with Gasteiger partial charge in [0.1, 0.15) is 18.5 Å². The Morgan fingerprint density at radius 3 is 2.39 bits per heavy atom. The molecule has 0 aliphatic carbocycles. The van der Waals surface area contributed by atoms with Crippen LogP contribution in [0.2, 0.25) is 0 Å². The summed E-state index contributed by atoms with van der Waals surface area (Å²) in [5, 5.41) is 4.61. The van der Waals surface area contributed by atoms with Gasteiger partial charge in [0.2, 0.25) is 0 Å². The molecule has 2 aromatic carbocycles. The number of benzene rings is 2. The Bertz CT molecular complexity index is 965. The van der Waals surface area contributed by atoms with Gasteiger partial charge >= 0.3 is 5.82 Å². The number of Topliss-reactive ketones (excluding diaryl/α,β-unsaturated/α-hetero) is 1. The molecule has 0 saturated carbocycles. The first-order valence-electron chi connectivity index (χ1n) is 9.26. The maximum atomic E-state index is 12.6. The van der Waals surface area contributed by atoms with E-state index in [1.807, 2.05) is 98.5 Å². The third-order valence-corrected chi connectivity index (χ3v) is 4.51. The molecule has 0 amide bonds. The Hall–Kier alpha value is -3.21. The van der Waals surface area contributed by atoms with Crippen molar-refractivity contribution in [2.24, 2.45) is 10.5 Å². The summed E-state index contributed by atoms with van der Waals surface area (Å²) in [4.78, 5) is 12.6. The molecule has 0 saturated heterocycles. The second-order valence-corrected chi connectivity index (χ2v) is 7.65. The molecule has 5 heteroatoms. The number of ether oxygens (including phenoxy) is 1. The van der Waals surface area contributed by atoms with Gasteiger partial charge in [0.25, 0.3) is 0 Å². The highest BCUT2D eigenvalue weighted by atomic mass is 16.5. The smallest absolute Gasteiger partial charge is 0.314 e. The lowest BCUT2D eigenvalue weighted by atomic mass is 9.91. The molecule has 0 aliphatic rings. The van der Waals surface area contributed by atoms with Crippen molar-refractivity contribution < 1.29 is 14.1 Å². The van der Waals surface area contributed by atoms with Crippen LogP contribution in [0.25, 0.3) is 11.4 Å². The van der Waals surface area contributed by atoms with E-state index < -0.39 is 5.41 Å². The summed E-state index contributed by atoms with van der Waals surface area (Å²) < 4.78 is 9.00. The van der Waals surface area contributed by atoms with Crippen LogP contribution in [0.3, 0.4) is 0 Å². The summed E-state index contributed by atoms with van der Waals surface area (Å²) in [6, 6.07) is 17.7. The predicted molar refractivity (Wildman–Crippen MR) is 111 cm³/mol. The van der Waals surface area contributed by atoms with Crippen molar-refractivity contribution >= 4 is 12.0 Å². The van der Waals surface area contributed by atoms with E-state index in [4.69, 9.17) is 4.74 Å². The zero-order valence-electron chi connectivity index (χ0n) is 16.8. The summed E-state index contributed by atoms with van der Waals surface area (Å²) >= 11 is 0. The van der Waals surface area contributed by atoms with Gasteiger partial charge in [-0.15, -0.1) is 4.68 Å². The van der Waals surface area contributed by atoms with Gasteiger partial charge < -0.3 is 4.74 Å². The topological polar surface area (TPSA) is 47.5 Å². The van der Waals surface area contributed by atoms with E-state index in [-0.39, 0.29) is 5.78 Å². The lowest BCUT2D eigenvalue weighted by molar-refractivity contribution is -0.673. The van der Waals surface area contributed by atoms with Crippen LogP contribution in [0, 0.1) is 5.41 Å². The first-order chi connectivity index (χ1) is 13.4. The standard InChI is InChI=1S/C23H26N3O2/c1-23(2,3)21(27)17-25-14-15-26(24-16-18-8-6-5-7-9-18)22(25)19-10-12-20(28-4)13-11-19/h5-16H,17H2,1-4H3/q+1/b24-16+. The van der Waals surface area contributed by atoms with Crippen molar-refractivity contribution in [1.82, 2.24) is 4.68 Å². The van der Waals surface area contributed by atoms with Gasteiger partial charge in [-0.3, -0.25) is 4.79 Å².